The highest BCUT2D eigenvalue weighted by Gasteiger charge is 2.30. The fourth-order valence-corrected chi connectivity index (χ4v) is 1.69. The number of carboxylic acid groups (broad SMARTS) is 1. The molecule has 0 saturated heterocycles. The van der Waals surface area contributed by atoms with Crippen molar-refractivity contribution in [1.29, 1.82) is 0 Å². The number of nitrogens with one attached hydrogen (secondary N) is 1. The van der Waals surface area contributed by atoms with E-state index in [1.165, 1.54) is 18.2 Å². The van der Waals surface area contributed by atoms with Gasteiger partial charge in [-0.2, -0.15) is 13.2 Å². The van der Waals surface area contributed by atoms with E-state index in [9.17, 15) is 22.8 Å². The van der Waals surface area contributed by atoms with Gasteiger partial charge in [-0.3, -0.25) is 4.57 Å². The lowest BCUT2D eigenvalue weighted by Gasteiger charge is -2.07. The Morgan fingerprint density at radius 3 is 2.61 bits per heavy atom. The molecule has 0 atom stereocenters. The van der Waals surface area contributed by atoms with E-state index in [0.29, 0.717) is 4.57 Å². The number of aromatic nitrogens is 2. The van der Waals surface area contributed by atoms with Gasteiger partial charge in [-0.05, 0) is 12.1 Å². The van der Waals surface area contributed by atoms with Gasteiger partial charge in [0, 0.05) is 0 Å². The molecule has 0 aliphatic carbocycles. The molecular weight excluding hydrogens is 253 g/mol. The molecular formula is C10H7F3N2O3. The summed E-state index contributed by atoms with van der Waals surface area (Å²) in [5, 5.41) is 8.86. The molecule has 0 aliphatic heterocycles. The molecule has 2 N–H and O–H groups in total. The SMILES string of the molecule is O=C(O)c1cccc2c1[nH]c(=O)n2CC(F)(F)F. The van der Waals surface area contributed by atoms with Crippen molar-refractivity contribution in [2.45, 2.75) is 12.7 Å². The first kappa shape index (κ1) is 12.2. The summed E-state index contributed by atoms with van der Waals surface area (Å²) in [6.45, 7) is -1.46. The number of benzene rings is 1. The minimum atomic E-state index is -4.56. The van der Waals surface area contributed by atoms with Gasteiger partial charge in [0.05, 0.1) is 16.6 Å². The van der Waals surface area contributed by atoms with Crippen molar-refractivity contribution in [3.8, 4) is 0 Å². The molecule has 8 heteroatoms. The number of halogens is 3. The molecule has 96 valence electrons. The van der Waals surface area contributed by atoms with Crippen LogP contribution < -0.4 is 5.69 Å². The lowest BCUT2D eigenvalue weighted by Crippen LogP contribution is -2.26. The molecule has 18 heavy (non-hydrogen) atoms. The quantitative estimate of drug-likeness (QED) is 0.860. The minimum absolute atomic E-state index is 0.0859. The van der Waals surface area contributed by atoms with Crippen molar-refractivity contribution in [3.63, 3.8) is 0 Å². The van der Waals surface area contributed by atoms with Gasteiger partial charge in [0.2, 0.25) is 0 Å². The second kappa shape index (κ2) is 3.90. The number of carbonyl (C=O) groups is 1. The van der Waals surface area contributed by atoms with Gasteiger partial charge in [0.1, 0.15) is 6.54 Å². The number of fused-ring (bicyclic) bond motifs is 1. The first-order valence-corrected chi connectivity index (χ1v) is 4.81. The van der Waals surface area contributed by atoms with Crippen LogP contribution in [-0.4, -0.2) is 26.8 Å². The Bertz CT molecular complexity index is 669. The maximum atomic E-state index is 12.3. The van der Waals surface area contributed by atoms with Gasteiger partial charge in [0.25, 0.3) is 0 Å². The van der Waals surface area contributed by atoms with E-state index in [1.54, 1.807) is 0 Å². The largest absolute Gasteiger partial charge is 0.478 e. The van der Waals surface area contributed by atoms with Crippen molar-refractivity contribution in [1.82, 2.24) is 9.55 Å². The molecule has 0 saturated carbocycles. The molecule has 0 unspecified atom stereocenters. The van der Waals surface area contributed by atoms with E-state index in [2.05, 4.69) is 4.98 Å². The molecule has 5 nitrogen and oxygen atoms in total. The van der Waals surface area contributed by atoms with Crippen LogP contribution in [-0.2, 0) is 6.54 Å². The summed E-state index contributed by atoms with van der Waals surface area (Å²) >= 11 is 0. The van der Waals surface area contributed by atoms with Gasteiger partial charge >= 0.3 is 17.8 Å². The highest BCUT2D eigenvalue weighted by molar-refractivity contribution is 6.00. The maximum Gasteiger partial charge on any atom is 0.406 e. The number of para-hydroxylation sites is 1. The third-order valence-electron chi connectivity index (χ3n) is 2.38. The van der Waals surface area contributed by atoms with E-state index >= 15 is 0 Å². The number of alkyl halides is 3. The van der Waals surface area contributed by atoms with Crippen LogP contribution in [0.3, 0.4) is 0 Å². The van der Waals surface area contributed by atoms with Crippen molar-refractivity contribution < 1.29 is 23.1 Å². The molecule has 1 heterocycles. The topological polar surface area (TPSA) is 75.1 Å². The number of H-pyrrole nitrogens is 1. The normalized spacial score (nSPS) is 11.9. The second-order valence-electron chi connectivity index (χ2n) is 3.64. The van der Waals surface area contributed by atoms with Gasteiger partial charge in [-0.15, -0.1) is 0 Å². The number of aromatic amines is 1. The lowest BCUT2D eigenvalue weighted by molar-refractivity contribution is -0.140. The smallest absolute Gasteiger partial charge is 0.406 e. The van der Waals surface area contributed by atoms with E-state index < -0.39 is 24.4 Å². The van der Waals surface area contributed by atoms with Crippen LogP contribution in [0.15, 0.2) is 23.0 Å². The van der Waals surface area contributed by atoms with E-state index in [1.807, 2.05) is 0 Å². The van der Waals surface area contributed by atoms with Crippen LogP contribution in [0, 0.1) is 0 Å². The van der Waals surface area contributed by atoms with Crippen molar-refractivity contribution in [2.24, 2.45) is 0 Å². The fraction of sp³-hybridized carbons (Fsp3) is 0.200. The predicted molar refractivity (Wildman–Crippen MR) is 55.6 cm³/mol. The van der Waals surface area contributed by atoms with Gasteiger partial charge in [0.15, 0.2) is 0 Å². The van der Waals surface area contributed by atoms with Gasteiger partial charge in [-0.25, -0.2) is 9.59 Å². The molecule has 1 aromatic carbocycles. The first-order chi connectivity index (χ1) is 8.29. The summed E-state index contributed by atoms with van der Waals surface area (Å²) in [5.74, 6) is -1.32. The molecule has 1 aromatic heterocycles. The number of hydrogen-bond donors (Lipinski definition) is 2. The third kappa shape index (κ3) is 2.08. The zero-order chi connectivity index (χ0) is 13.5. The summed E-state index contributed by atoms with van der Waals surface area (Å²) in [7, 11) is 0. The Kier molecular flexibility index (Phi) is 2.64. The molecule has 0 bridgehead atoms. The molecule has 0 radical (unpaired) electrons. The average Bonchev–Trinajstić information content (AvgIpc) is 2.53. The number of rotatable bonds is 2. The summed E-state index contributed by atoms with van der Waals surface area (Å²) in [4.78, 5) is 24.4. The molecule has 0 fully saturated rings. The molecule has 2 rings (SSSR count). The van der Waals surface area contributed by atoms with E-state index in [4.69, 9.17) is 5.11 Å². The number of nitrogens with zero attached hydrogens (tertiary/aromatic N) is 1. The van der Waals surface area contributed by atoms with Gasteiger partial charge < -0.3 is 10.1 Å². The Morgan fingerprint density at radius 1 is 1.39 bits per heavy atom. The van der Waals surface area contributed by atoms with Crippen LogP contribution >= 0.6 is 0 Å². The van der Waals surface area contributed by atoms with Gasteiger partial charge in [-0.1, -0.05) is 6.07 Å². The Balaban J connectivity index is 2.70. The van der Waals surface area contributed by atoms with Crippen molar-refractivity contribution in [3.05, 3.63) is 34.2 Å². The van der Waals surface area contributed by atoms with Crippen LogP contribution in [0.5, 0.6) is 0 Å². The highest BCUT2D eigenvalue weighted by Crippen LogP contribution is 2.21. The summed E-state index contributed by atoms with van der Waals surface area (Å²) in [6.07, 6.45) is -4.56. The number of aromatic carboxylic acids is 1. The monoisotopic (exact) mass is 260 g/mol. The standard InChI is InChI=1S/C10H7F3N2O3/c11-10(12,13)4-15-6-3-1-2-5(8(16)17)7(6)14-9(15)18/h1-3H,4H2,(H,14,18)(H,16,17). The van der Waals surface area contributed by atoms with Crippen LogP contribution in [0.1, 0.15) is 10.4 Å². The van der Waals surface area contributed by atoms with E-state index in [-0.39, 0.29) is 16.6 Å². The fourth-order valence-electron chi connectivity index (χ4n) is 1.69. The third-order valence-corrected chi connectivity index (χ3v) is 2.38. The highest BCUT2D eigenvalue weighted by atomic mass is 19.4. The molecule has 0 spiro atoms. The molecule has 0 amide bonds. The van der Waals surface area contributed by atoms with Crippen LogP contribution in [0.25, 0.3) is 11.0 Å². The first-order valence-electron chi connectivity index (χ1n) is 4.81. The molecule has 0 aliphatic rings. The Hall–Kier alpha value is -2.25. The number of hydrogen-bond acceptors (Lipinski definition) is 2. The maximum absolute atomic E-state index is 12.3. The van der Waals surface area contributed by atoms with Crippen molar-refractivity contribution in [2.75, 3.05) is 0 Å². The van der Waals surface area contributed by atoms with Crippen LogP contribution in [0.4, 0.5) is 13.2 Å². The lowest BCUT2D eigenvalue weighted by atomic mass is 10.2. The average molecular weight is 260 g/mol. The second-order valence-corrected chi connectivity index (χ2v) is 3.64. The Labute approximate surface area is 97.5 Å². The summed E-state index contributed by atoms with van der Waals surface area (Å²) in [5.41, 5.74) is -1.43. The number of imidazole rings is 1. The minimum Gasteiger partial charge on any atom is -0.478 e. The summed E-state index contributed by atoms with van der Waals surface area (Å²) in [6, 6.07) is 3.75. The van der Waals surface area contributed by atoms with Crippen LogP contribution in [0.2, 0.25) is 0 Å². The van der Waals surface area contributed by atoms with E-state index in [0.717, 1.165) is 0 Å². The Morgan fingerprint density at radius 2 is 2.06 bits per heavy atom. The van der Waals surface area contributed by atoms with Crippen molar-refractivity contribution >= 4 is 17.0 Å². The summed E-state index contributed by atoms with van der Waals surface area (Å²) < 4.78 is 37.3. The zero-order valence-corrected chi connectivity index (χ0v) is 8.78. The number of carboxylic acids is 1. The predicted octanol–water partition coefficient (Wildman–Crippen LogP) is 1.59. The zero-order valence-electron chi connectivity index (χ0n) is 8.78. The molecule has 2 aromatic rings.